The van der Waals surface area contributed by atoms with Gasteiger partial charge < -0.3 is 24.8 Å². The maximum atomic E-state index is 12.4. The van der Waals surface area contributed by atoms with Gasteiger partial charge in [-0.15, -0.1) is 0 Å². The van der Waals surface area contributed by atoms with Crippen LogP contribution in [-0.2, 0) is 9.53 Å². The number of hydrogen-bond acceptors (Lipinski definition) is 5. The Labute approximate surface area is 176 Å². The summed E-state index contributed by atoms with van der Waals surface area (Å²) in [6.07, 6.45) is -0.419. The molecule has 30 heavy (non-hydrogen) atoms. The Bertz CT molecular complexity index is 864. The topological polar surface area (TPSA) is 88.1 Å². The molecule has 2 aromatic carbocycles. The molecule has 2 N–H and O–H groups in total. The minimum Gasteiger partial charge on any atom is -0.497 e. The monoisotopic (exact) mass is 412 g/mol. The molecule has 0 saturated carbocycles. The van der Waals surface area contributed by atoms with E-state index in [2.05, 4.69) is 5.32 Å². The molecule has 160 valence electrons. The van der Waals surface area contributed by atoms with Crippen molar-refractivity contribution in [2.75, 3.05) is 32.2 Å². The lowest BCUT2D eigenvalue weighted by molar-refractivity contribution is -0.161. The van der Waals surface area contributed by atoms with E-state index in [0.29, 0.717) is 23.5 Å². The zero-order valence-electron chi connectivity index (χ0n) is 17.5. The van der Waals surface area contributed by atoms with Gasteiger partial charge in [0.15, 0.2) is 0 Å². The average molecular weight is 412 g/mol. The molecule has 1 aliphatic rings. The molecule has 2 atom stereocenters. The number of benzene rings is 2. The van der Waals surface area contributed by atoms with E-state index in [4.69, 9.17) is 9.47 Å². The highest BCUT2D eigenvalue weighted by Gasteiger charge is 2.37. The Balaban J connectivity index is 1.70. The number of carbonyl (C=O) groups is 2. The molecule has 1 aliphatic heterocycles. The van der Waals surface area contributed by atoms with Crippen LogP contribution in [0.4, 0.5) is 5.69 Å². The number of carbonyl (C=O) groups excluding carboxylic acids is 2. The van der Waals surface area contributed by atoms with Crippen molar-refractivity contribution in [3.05, 3.63) is 59.7 Å². The SMILES string of the molecule is COc1ccc(C(=O)Nc2ccc(C3OCC(=O)N(CC(C)C)C3CO)cc2)cc1. The molecule has 2 aromatic rings. The lowest BCUT2D eigenvalue weighted by Crippen LogP contribution is -2.53. The summed E-state index contributed by atoms with van der Waals surface area (Å²) in [7, 11) is 1.58. The lowest BCUT2D eigenvalue weighted by atomic mass is 9.98. The molecular weight excluding hydrogens is 384 g/mol. The van der Waals surface area contributed by atoms with E-state index >= 15 is 0 Å². The van der Waals surface area contributed by atoms with Gasteiger partial charge in [0.2, 0.25) is 5.91 Å². The van der Waals surface area contributed by atoms with E-state index in [1.807, 2.05) is 26.0 Å². The Morgan fingerprint density at radius 1 is 1.20 bits per heavy atom. The fourth-order valence-electron chi connectivity index (χ4n) is 3.55. The largest absolute Gasteiger partial charge is 0.497 e. The number of ether oxygens (including phenoxy) is 2. The number of morpholine rings is 1. The van der Waals surface area contributed by atoms with Crippen molar-refractivity contribution in [3.63, 3.8) is 0 Å². The van der Waals surface area contributed by atoms with Gasteiger partial charge in [-0.05, 0) is 47.9 Å². The number of aliphatic hydroxyl groups excluding tert-OH is 1. The molecule has 1 heterocycles. The van der Waals surface area contributed by atoms with Crippen molar-refractivity contribution in [3.8, 4) is 5.75 Å². The van der Waals surface area contributed by atoms with Gasteiger partial charge in [0.1, 0.15) is 18.5 Å². The number of nitrogens with zero attached hydrogens (tertiary/aromatic N) is 1. The molecule has 0 aromatic heterocycles. The molecule has 0 spiro atoms. The molecular formula is C23H28N2O5. The van der Waals surface area contributed by atoms with Crippen LogP contribution in [0.15, 0.2) is 48.5 Å². The second kappa shape index (κ2) is 9.73. The third kappa shape index (κ3) is 4.98. The summed E-state index contributed by atoms with van der Waals surface area (Å²) < 4.78 is 10.9. The predicted octanol–water partition coefficient (Wildman–Crippen LogP) is 2.86. The number of hydrogen-bond donors (Lipinski definition) is 2. The highest BCUT2D eigenvalue weighted by molar-refractivity contribution is 6.04. The molecule has 1 saturated heterocycles. The average Bonchev–Trinajstić information content (AvgIpc) is 2.75. The van der Waals surface area contributed by atoms with Crippen molar-refractivity contribution in [2.24, 2.45) is 5.92 Å². The highest BCUT2D eigenvalue weighted by Crippen LogP contribution is 2.30. The second-order valence-corrected chi connectivity index (χ2v) is 7.73. The molecule has 7 nitrogen and oxygen atoms in total. The van der Waals surface area contributed by atoms with E-state index in [9.17, 15) is 14.7 Å². The van der Waals surface area contributed by atoms with Crippen molar-refractivity contribution in [1.29, 1.82) is 0 Å². The normalized spacial score (nSPS) is 19.1. The van der Waals surface area contributed by atoms with Gasteiger partial charge in [0.05, 0.1) is 19.8 Å². The van der Waals surface area contributed by atoms with Crippen LogP contribution in [0.5, 0.6) is 5.75 Å². The van der Waals surface area contributed by atoms with Crippen LogP contribution < -0.4 is 10.1 Å². The minimum atomic E-state index is -0.437. The number of nitrogens with one attached hydrogen (secondary N) is 1. The van der Waals surface area contributed by atoms with E-state index in [1.54, 1.807) is 48.4 Å². The molecule has 1 fully saturated rings. The van der Waals surface area contributed by atoms with Crippen LogP contribution in [0.25, 0.3) is 0 Å². The molecule has 0 bridgehead atoms. The lowest BCUT2D eigenvalue weighted by Gasteiger charge is -2.41. The summed E-state index contributed by atoms with van der Waals surface area (Å²) >= 11 is 0. The first-order valence-corrected chi connectivity index (χ1v) is 10.00. The first-order chi connectivity index (χ1) is 14.4. The number of rotatable bonds is 7. The minimum absolute atomic E-state index is 0.0101. The summed E-state index contributed by atoms with van der Waals surface area (Å²) in [5.74, 6) is 0.646. The fourth-order valence-corrected chi connectivity index (χ4v) is 3.55. The molecule has 3 rings (SSSR count). The fraction of sp³-hybridized carbons (Fsp3) is 0.391. The van der Waals surface area contributed by atoms with Gasteiger partial charge in [-0.25, -0.2) is 0 Å². The summed E-state index contributed by atoms with van der Waals surface area (Å²) in [6.45, 7) is 4.45. The summed E-state index contributed by atoms with van der Waals surface area (Å²) in [4.78, 5) is 26.4. The highest BCUT2D eigenvalue weighted by atomic mass is 16.5. The number of aliphatic hydroxyl groups is 1. The smallest absolute Gasteiger partial charge is 0.255 e. The Kier molecular flexibility index (Phi) is 7.07. The summed E-state index contributed by atoms with van der Waals surface area (Å²) in [5, 5.41) is 12.8. The summed E-state index contributed by atoms with van der Waals surface area (Å²) in [5.41, 5.74) is 2.02. The van der Waals surface area contributed by atoms with Crippen LogP contribution in [0, 0.1) is 5.92 Å². The van der Waals surface area contributed by atoms with Crippen LogP contribution >= 0.6 is 0 Å². The van der Waals surface area contributed by atoms with E-state index in [1.165, 1.54) is 0 Å². The summed E-state index contributed by atoms with van der Waals surface area (Å²) in [6, 6.07) is 13.7. The first-order valence-electron chi connectivity index (χ1n) is 10.00. The second-order valence-electron chi connectivity index (χ2n) is 7.73. The Morgan fingerprint density at radius 3 is 2.43 bits per heavy atom. The van der Waals surface area contributed by atoms with Gasteiger partial charge >= 0.3 is 0 Å². The molecule has 0 radical (unpaired) electrons. The van der Waals surface area contributed by atoms with Gasteiger partial charge in [-0.2, -0.15) is 0 Å². The van der Waals surface area contributed by atoms with E-state index in [0.717, 1.165) is 5.56 Å². The van der Waals surface area contributed by atoms with Crippen LogP contribution in [0.3, 0.4) is 0 Å². The molecule has 2 unspecified atom stereocenters. The van der Waals surface area contributed by atoms with E-state index < -0.39 is 12.1 Å². The van der Waals surface area contributed by atoms with Crippen LogP contribution in [0.1, 0.15) is 35.9 Å². The Hall–Kier alpha value is -2.90. The van der Waals surface area contributed by atoms with Gasteiger partial charge in [-0.1, -0.05) is 26.0 Å². The van der Waals surface area contributed by atoms with Crippen molar-refractivity contribution >= 4 is 17.5 Å². The zero-order valence-corrected chi connectivity index (χ0v) is 17.5. The molecule has 2 amide bonds. The Morgan fingerprint density at radius 2 is 1.87 bits per heavy atom. The number of amides is 2. The van der Waals surface area contributed by atoms with Gasteiger partial charge in [0, 0.05) is 17.8 Å². The van der Waals surface area contributed by atoms with E-state index in [-0.39, 0.29) is 30.9 Å². The molecule has 0 aliphatic carbocycles. The predicted molar refractivity (Wildman–Crippen MR) is 114 cm³/mol. The number of anilines is 1. The third-order valence-electron chi connectivity index (χ3n) is 5.05. The third-order valence-corrected chi connectivity index (χ3v) is 5.05. The first kappa shape index (κ1) is 21.8. The van der Waals surface area contributed by atoms with Crippen molar-refractivity contribution < 1.29 is 24.2 Å². The van der Waals surface area contributed by atoms with Crippen LogP contribution in [0.2, 0.25) is 0 Å². The van der Waals surface area contributed by atoms with Gasteiger partial charge in [-0.3, -0.25) is 9.59 Å². The maximum Gasteiger partial charge on any atom is 0.255 e. The number of methoxy groups -OCH3 is 1. The zero-order chi connectivity index (χ0) is 21.7. The quantitative estimate of drug-likeness (QED) is 0.730. The van der Waals surface area contributed by atoms with Gasteiger partial charge in [0.25, 0.3) is 5.91 Å². The molecule has 7 heteroatoms. The standard InChI is InChI=1S/C23H28N2O5/c1-15(2)12-25-20(13-26)22(30-14-21(25)27)16-4-8-18(9-5-16)24-23(28)17-6-10-19(29-3)11-7-17/h4-11,15,20,22,26H,12-14H2,1-3H3,(H,24,28). The van der Waals surface area contributed by atoms with Crippen molar-refractivity contribution in [1.82, 2.24) is 4.90 Å². The van der Waals surface area contributed by atoms with Crippen molar-refractivity contribution in [2.45, 2.75) is 26.0 Å². The maximum absolute atomic E-state index is 12.4. The van der Waals surface area contributed by atoms with Crippen LogP contribution in [-0.4, -0.2) is 54.7 Å².